The molecule has 0 spiro atoms. The second kappa shape index (κ2) is 14.3. The number of halogens is 2. The minimum absolute atomic E-state index is 0.147. The Balaban J connectivity index is 1.65. The van der Waals surface area contributed by atoms with E-state index in [1.54, 1.807) is 48.9 Å². The van der Waals surface area contributed by atoms with Crippen molar-refractivity contribution in [3.05, 3.63) is 119 Å². The third-order valence-electron chi connectivity index (χ3n) is 7.13. The molecule has 4 rings (SSSR count). The standard InChI is InChI=1S/C32H33F2N3O6S/c1-37-20-35-19-26(37)17-30(23-7-12-25(34)13-8-23)43-27-14-9-22(6-3-21-4-10-24(33)11-5-21)28(18-27)31(38)36-29(32(39)40)15-16-44(2,41)42/h4-5,7-14,18-20,29-30H,3,6,15-17H2,1-2H3,(H,36,38)(H,39,40)/t29-,30?/m0/s1. The van der Waals surface area contributed by atoms with E-state index in [9.17, 15) is 31.9 Å². The molecule has 0 aliphatic rings. The van der Waals surface area contributed by atoms with Crippen LogP contribution in [0.3, 0.4) is 0 Å². The van der Waals surface area contributed by atoms with E-state index in [4.69, 9.17) is 4.74 Å². The fourth-order valence-electron chi connectivity index (χ4n) is 4.65. The van der Waals surface area contributed by atoms with Crippen LogP contribution in [0, 0.1) is 11.6 Å². The Kier molecular flexibility index (Phi) is 10.5. The van der Waals surface area contributed by atoms with Crippen molar-refractivity contribution in [1.29, 1.82) is 0 Å². The number of carboxylic acids is 1. The van der Waals surface area contributed by atoms with Crippen LogP contribution >= 0.6 is 0 Å². The molecule has 2 N–H and O–H groups in total. The van der Waals surface area contributed by atoms with Gasteiger partial charge in [0.2, 0.25) is 0 Å². The Morgan fingerprint density at radius 2 is 1.66 bits per heavy atom. The van der Waals surface area contributed by atoms with Gasteiger partial charge in [0, 0.05) is 37.2 Å². The third kappa shape index (κ3) is 9.21. The highest BCUT2D eigenvalue weighted by molar-refractivity contribution is 7.90. The second-order valence-electron chi connectivity index (χ2n) is 10.6. The molecule has 0 saturated heterocycles. The fraction of sp³-hybridized carbons (Fsp3) is 0.281. The molecule has 0 fully saturated rings. The van der Waals surface area contributed by atoms with E-state index in [0.29, 0.717) is 36.1 Å². The first-order valence-electron chi connectivity index (χ1n) is 13.8. The highest BCUT2D eigenvalue weighted by atomic mass is 32.2. The van der Waals surface area contributed by atoms with Crippen molar-refractivity contribution < 1.29 is 36.6 Å². The van der Waals surface area contributed by atoms with E-state index < -0.39 is 45.4 Å². The number of nitrogens with one attached hydrogen (secondary N) is 1. The quantitative estimate of drug-likeness (QED) is 0.212. The van der Waals surface area contributed by atoms with Crippen LogP contribution in [0.25, 0.3) is 0 Å². The summed E-state index contributed by atoms with van der Waals surface area (Å²) < 4.78 is 58.6. The summed E-state index contributed by atoms with van der Waals surface area (Å²) in [5.74, 6) is -2.96. The van der Waals surface area contributed by atoms with Crippen LogP contribution in [0.2, 0.25) is 0 Å². The van der Waals surface area contributed by atoms with Crippen LogP contribution in [0.15, 0.2) is 79.3 Å². The number of sulfone groups is 1. The molecule has 1 heterocycles. The summed E-state index contributed by atoms with van der Waals surface area (Å²) in [7, 11) is -1.63. The molecule has 3 aromatic carbocycles. The highest BCUT2D eigenvalue weighted by Crippen LogP contribution is 2.28. The molecule has 0 aliphatic heterocycles. The lowest BCUT2D eigenvalue weighted by molar-refractivity contribution is -0.139. The molecule has 0 radical (unpaired) electrons. The molecule has 1 amide bonds. The number of aromatic nitrogens is 2. The van der Waals surface area contributed by atoms with Gasteiger partial charge in [-0.15, -0.1) is 0 Å². The molecular weight excluding hydrogens is 592 g/mol. The average Bonchev–Trinajstić information content (AvgIpc) is 3.38. The van der Waals surface area contributed by atoms with Crippen molar-refractivity contribution in [3.8, 4) is 5.75 Å². The molecule has 0 aliphatic carbocycles. The average molecular weight is 626 g/mol. The van der Waals surface area contributed by atoms with Gasteiger partial charge in [0.25, 0.3) is 5.91 Å². The number of imidazole rings is 1. The van der Waals surface area contributed by atoms with Gasteiger partial charge < -0.3 is 19.7 Å². The molecule has 1 unspecified atom stereocenters. The number of benzene rings is 3. The maximum Gasteiger partial charge on any atom is 0.326 e. The number of ether oxygens (including phenoxy) is 1. The summed E-state index contributed by atoms with van der Waals surface area (Å²) >= 11 is 0. The first-order chi connectivity index (χ1) is 20.9. The zero-order valence-corrected chi connectivity index (χ0v) is 25.1. The normalized spacial score (nSPS) is 12.8. The number of aliphatic carboxylic acids is 1. The summed E-state index contributed by atoms with van der Waals surface area (Å²) in [5, 5.41) is 12.1. The van der Waals surface area contributed by atoms with Crippen LogP contribution in [-0.2, 0) is 40.9 Å². The van der Waals surface area contributed by atoms with E-state index in [2.05, 4.69) is 10.3 Å². The van der Waals surface area contributed by atoms with Gasteiger partial charge in [-0.1, -0.05) is 30.3 Å². The van der Waals surface area contributed by atoms with Crippen molar-refractivity contribution in [2.75, 3.05) is 12.0 Å². The predicted octanol–water partition coefficient (Wildman–Crippen LogP) is 4.46. The summed E-state index contributed by atoms with van der Waals surface area (Å²) in [4.78, 5) is 29.6. The van der Waals surface area contributed by atoms with Gasteiger partial charge in [0.05, 0.1) is 12.1 Å². The molecule has 44 heavy (non-hydrogen) atoms. The fourth-order valence-corrected chi connectivity index (χ4v) is 5.32. The van der Waals surface area contributed by atoms with Gasteiger partial charge in [-0.05, 0) is 72.4 Å². The number of hydrogen-bond acceptors (Lipinski definition) is 6. The molecule has 232 valence electrons. The number of amides is 1. The zero-order valence-electron chi connectivity index (χ0n) is 24.2. The van der Waals surface area contributed by atoms with Crippen molar-refractivity contribution in [2.45, 2.75) is 37.8 Å². The first-order valence-corrected chi connectivity index (χ1v) is 15.9. The summed E-state index contributed by atoms with van der Waals surface area (Å²) in [6, 6.07) is 15.3. The lowest BCUT2D eigenvalue weighted by Crippen LogP contribution is -2.42. The summed E-state index contributed by atoms with van der Waals surface area (Å²) in [5.41, 5.74) is 3.10. The van der Waals surface area contributed by atoms with Gasteiger partial charge in [0.1, 0.15) is 39.4 Å². The minimum atomic E-state index is -3.47. The van der Waals surface area contributed by atoms with Crippen molar-refractivity contribution in [1.82, 2.24) is 14.9 Å². The Hall–Kier alpha value is -4.58. The number of rotatable bonds is 14. The van der Waals surface area contributed by atoms with E-state index in [-0.39, 0.29) is 17.8 Å². The van der Waals surface area contributed by atoms with Crippen molar-refractivity contribution in [2.24, 2.45) is 7.05 Å². The number of hydrogen-bond donors (Lipinski definition) is 2. The Bertz CT molecular complexity index is 1710. The molecule has 9 nitrogen and oxygen atoms in total. The molecule has 0 bridgehead atoms. The van der Waals surface area contributed by atoms with Crippen LogP contribution < -0.4 is 10.1 Å². The SMILES string of the molecule is Cn1cncc1CC(Oc1ccc(CCc2ccc(F)cc2)c(C(=O)N[C@@H](CCS(C)(=O)=O)C(=O)O)c1)c1ccc(F)cc1. The van der Waals surface area contributed by atoms with Gasteiger partial charge in [-0.25, -0.2) is 27.0 Å². The van der Waals surface area contributed by atoms with E-state index >= 15 is 0 Å². The third-order valence-corrected chi connectivity index (χ3v) is 8.11. The number of carbonyl (C=O) groups is 2. The van der Waals surface area contributed by atoms with E-state index in [1.807, 2.05) is 11.6 Å². The molecule has 12 heteroatoms. The molecular formula is C32H33F2N3O6S. The number of aryl methyl sites for hydroxylation is 3. The van der Waals surface area contributed by atoms with Gasteiger partial charge in [-0.2, -0.15) is 0 Å². The number of nitrogens with zero attached hydrogens (tertiary/aromatic N) is 2. The Morgan fingerprint density at radius 1 is 1.00 bits per heavy atom. The monoisotopic (exact) mass is 625 g/mol. The van der Waals surface area contributed by atoms with Crippen LogP contribution in [0.1, 0.15) is 45.3 Å². The number of carboxylic acid groups (broad SMARTS) is 1. The van der Waals surface area contributed by atoms with Gasteiger partial charge in [-0.3, -0.25) is 4.79 Å². The maximum atomic E-state index is 13.7. The zero-order chi connectivity index (χ0) is 31.9. The Morgan fingerprint density at radius 3 is 2.25 bits per heavy atom. The smallest absolute Gasteiger partial charge is 0.326 e. The molecule has 4 aromatic rings. The van der Waals surface area contributed by atoms with E-state index in [0.717, 1.165) is 17.5 Å². The maximum absolute atomic E-state index is 13.7. The lowest BCUT2D eigenvalue weighted by atomic mass is 9.98. The first kappa shape index (κ1) is 32.3. The van der Waals surface area contributed by atoms with Crippen LogP contribution in [0.5, 0.6) is 5.75 Å². The molecule has 0 saturated carbocycles. The summed E-state index contributed by atoms with van der Waals surface area (Å²) in [6.45, 7) is 0. The number of carbonyl (C=O) groups excluding carboxylic acids is 1. The Labute approximate surface area is 254 Å². The van der Waals surface area contributed by atoms with E-state index in [1.165, 1.54) is 30.3 Å². The minimum Gasteiger partial charge on any atom is -0.485 e. The van der Waals surface area contributed by atoms with Gasteiger partial charge >= 0.3 is 5.97 Å². The second-order valence-corrected chi connectivity index (χ2v) is 12.8. The van der Waals surface area contributed by atoms with Crippen LogP contribution in [-0.4, -0.2) is 53.0 Å². The van der Waals surface area contributed by atoms with Crippen LogP contribution in [0.4, 0.5) is 8.78 Å². The predicted molar refractivity (Wildman–Crippen MR) is 160 cm³/mol. The van der Waals surface area contributed by atoms with Crippen molar-refractivity contribution >= 4 is 21.7 Å². The molecule has 2 atom stereocenters. The topological polar surface area (TPSA) is 128 Å². The highest BCUT2D eigenvalue weighted by Gasteiger charge is 2.25. The molecule has 1 aromatic heterocycles. The van der Waals surface area contributed by atoms with Gasteiger partial charge in [0.15, 0.2) is 0 Å². The largest absolute Gasteiger partial charge is 0.485 e. The van der Waals surface area contributed by atoms with Crippen molar-refractivity contribution in [3.63, 3.8) is 0 Å². The lowest BCUT2D eigenvalue weighted by Gasteiger charge is -2.22. The summed E-state index contributed by atoms with van der Waals surface area (Å²) in [6.07, 6.45) is 4.65.